The molecular formula is C12H15N3O2S2. The third-order valence-electron chi connectivity index (χ3n) is 2.66. The minimum Gasteiger partial charge on any atom is -0.481 e. The van der Waals surface area contributed by atoms with Gasteiger partial charge in [0.15, 0.2) is 5.16 Å². The zero-order chi connectivity index (χ0) is 13.7. The van der Waals surface area contributed by atoms with Gasteiger partial charge >= 0.3 is 5.97 Å². The highest BCUT2D eigenvalue weighted by Crippen LogP contribution is 2.19. The smallest absolute Gasteiger partial charge is 0.313 e. The van der Waals surface area contributed by atoms with E-state index in [0.717, 1.165) is 35.9 Å². The van der Waals surface area contributed by atoms with Gasteiger partial charge in [-0.2, -0.15) is 0 Å². The second-order valence-electron chi connectivity index (χ2n) is 3.95. The first-order chi connectivity index (χ1) is 9.20. The summed E-state index contributed by atoms with van der Waals surface area (Å²) in [7, 11) is 0. The number of carbonyl (C=O) groups is 1. The zero-order valence-electron chi connectivity index (χ0n) is 10.6. The van der Waals surface area contributed by atoms with E-state index in [-0.39, 0.29) is 5.75 Å². The van der Waals surface area contributed by atoms with Crippen molar-refractivity contribution in [3.8, 4) is 0 Å². The predicted molar refractivity (Wildman–Crippen MR) is 75.8 cm³/mol. The maximum absolute atomic E-state index is 10.6. The quantitative estimate of drug-likeness (QED) is 0.794. The van der Waals surface area contributed by atoms with Crippen LogP contribution in [0.3, 0.4) is 0 Å². The van der Waals surface area contributed by atoms with Crippen molar-refractivity contribution < 1.29 is 9.90 Å². The summed E-state index contributed by atoms with van der Waals surface area (Å²) in [6, 6.07) is 0. The molecule has 0 spiro atoms. The number of hydrogen-bond acceptors (Lipinski definition) is 5. The Morgan fingerprint density at radius 1 is 1.53 bits per heavy atom. The summed E-state index contributed by atoms with van der Waals surface area (Å²) in [6.07, 6.45) is 3.55. The van der Waals surface area contributed by atoms with E-state index in [2.05, 4.69) is 21.5 Å². The molecule has 0 aliphatic rings. The van der Waals surface area contributed by atoms with Crippen LogP contribution in [0.25, 0.3) is 0 Å². The van der Waals surface area contributed by atoms with Gasteiger partial charge in [0.2, 0.25) is 0 Å². The highest BCUT2D eigenvalue weighted by atomic mass is 32.2. The Balaban J connectivity index is 2.07. The number of aromatic nitrogens is 3. The molecule has 2 aromatic rings. The molecular weight excluding hydrogens is 282 g/mol. The predicted octanol–water partition coefficient (Wildman–Crippen LogP) is 2.32. The molecule has 19 heavy (non-hydrogen) atoms. The van der Waals surface area contributed by atoms with E-state index in [1.165, 1.54) is 11.8 Å². The average Bonchev–Trinajstić information content (AvgIpc) is 3.02. The van der Waals surface area contributed by atoms with Crippen molar-refractivity contribution in [1.82, 2.24) is 14.5 Å². The summed E-state index contributed by atoms with van der Waals surface area (Å²) in [5.74, 6) is -0.784. The number of aliphatic carboxylic acids is 1. The van der Waals surface area contributed by atoms with Gasteiger partial charge in [0.05, 0.1) is 17.0 Å². The summed E-state index contributed by atoms with van der Waals surface area (Å²) < 4.78 is 2.09. The number of carboxylic acids is 1. The lowest BCUT2D eigenvalue weighted by Crippen LogP contribution is -2.08. The molecule has 0 aliphatic carbocycles. The monoisotopic (exact) mass is 297 g/mol. The first kappa shape index (κ1) is 14.1. The lowest BCUT2D eigenvalue weighted by Gasteiger charge is -2.09. The molecule has 102 valence electrons. The van der Waals surface area contributed by atoms with E-state index in [1.807, 2.05) is 17.1 Å². The Labute approximate surface area is 119 Å². The minimum atomic E-state index is -0.822. The Hall–Kier alpha value is -1.34. The summed E-state index contributed by atoms with van der Waals surface area (Å²) in [5, 5.41) is 11.6. The molecule has 0 fully saturated rings. The van der Waals surface area contributed by atoms with Gasteiger partial charge in [-0.1, -0.05) is 18.7 Å². The SMILES string of the molecule is CCc1cnc(SCC(=O)O)n1CCc1cscn1. The lowest BCUT2D eigenvalue weighted by atomic mass is 10.3. The Kier molecular flexibility index (Phi) is 4.98. The molecule has 0 atom stereocenters. The molecule has 0 aromatic carbocycles. The summed E-state index contributed by atoms with van der Waals surface area (Å²) in [6.45, 7) is 2.86. The topological polar surface area (TPSA) is 68.0 Å². The Morgan fingerprint density at radius 3 is 3.00 bits per heavy atom. The van der Waals surface area contributed by atoms with Crippen LogP contribution in [0.15, 0.2) is 22.2 Å². The van der Waals surface area contributed by atoms with Crippen LogP contribution in [0.1, 0.15) is 18.3 Å². The van der Waals surface area contributed by atoms with Crippen molar-refractivity contribution in [2.24, 2.45) is 0 Å². The molecule has 1 N–H and O–H groups in total. The number of aryl methyl sites for hydroxylation is 2. The minimum absolute atomic E-state index is 0.0386. The molecule has 5 nitrogen and oxygen atoms in total. The van der Waals surface area contributed by atoms with E-state index in [9.17, 15) is 4.79 Å². The molecule has 2 heterocycles. The normalized spacial score (nSPS) is 10.8. The molecule has 0 radical (unpaired) electrons. The number of nitrogens with zero attached hydrogens (tertiary/aromatic N) is 3. The summed E-state index contributed by atoms with van der Waals surface area (Å²) in [4.78, 5) is 19.2. The van der Waals surface area contributed by atoms with E-state index < -0.39 is 5.97 Å². The highest BCUT2D eigenvalue weighted by molar-refractivity contribution is 7.99. The van der Waals surface area contributed by atoms with E-state index >= 15 is 0 Å². The molecule has 2 aromatic heterocycles. The molecule has 0 amide bonds. The summed E-state index contributed by atoms with van der Waals surface area (Å²) >= 11 is 2.85. The molecule has 7 heteroatoms. The van der Waals surface area contributed by atoms with Crippen LogP contribution < -0.4 is 0 Å². The van der Waals surface area contributed by atoms with Crippen molar-refractivity contribution in [2.75, 3.05) is 5.75 Å². The van der Waals surface area contributed by atoms with Gasteiger partial charge in [-0.25, -0.2) is 9.97 Å². The van der Waals surface area contributed by atoms with E-state index in [1.54, 1.807) is 11.3 Å². The molecule has 0 bridgehead atoms. The number of thioether (sulfide) groups is 1. The van der Waals surface area contributed by atoms with Gasteiger partial charge < -0.3 is 9.67 Å². The van der Waals surface area contributed by atoms with E-state index in [4.69, 9.17) is 5.11 Å². The highest BCUT2D eigenvalue weighted by Gasteiger charge is 2.11. The third-order valence-corrected chi connectivity index (χ3v) is 4.27. The van der Waals surface area contributed by atoms with Crippen LogP contribution in [-0.2, 0) is 24.2 Å². The van der Waals surface area contributed by atoms with Gasteiger partial charge in [0.25, 0.3) is 0 Å². The van der Waals surface area contributed by atoms with Crippen molar-refractivity contribution in [3.05, 3.63) is 28.5 Å². The average molecular weight is 297 g/mol. The molecule has 0 aliphatic heterocycles. The van der Waals surface area contributed by atoms with Gasteiger partial charge in [-0.05, 0) is 6.42 Å². The van der Waals surface area contributed by atoms with Crippen LogP contribution in [0.4, 0.5) is 0 Å². The van der Waals surface area contributed by atoms with Crippen molar-refractivity contribution >= 4 is 29.1 Å². The van der Waals surface area contributed by atoms with Gasteiger partial charge in [-0.3, -0.25) is 4.79 Å². The van der Waals surface area contributed by atoms with E-state index in [0.29, 0.717) is 0 Å². The maximum Gasteiger partial charge on any atom is 0.313 e. The van der Waals surface area contributed by atoms with Crippen LogP contribution >= 0.6 is 23.1 Å². The number of thiazole rings is 1. The van der Waals surface area contributed by atoms with Gasteiger partial charge in [0.1, 0.15) is 0 Å². The Morgan fingerprint density at radius 2 is 2.37 bits per heavy atom. The molecule has 0 unspecified atom stereocenters. The summed E-state index contributed by atoms with van der Waals surface area (Å²) in [5.41, 5.74) is 4.02. The number of imidazole rings is 1. The van der Waals surface area contributed by atoms with Crippen molar-refractivity contribution in [1.29, 1.82) is 0 Å². The first-order valence-corrected chi connectivity index (χ1v) is 7.89. The number of carboxylic acid groups (broad SMARTS) is 1. The molecule has 2 rings (SSSR count). The molecule has 0 saturated carbocycles. The number of hydrogen-bond donors (Lipinski definition) is 1. The number of rotatable bonds is 7. The van der Waals surface area contributed by atoms with Crippen molar-refractivity contribution in [3.63, 3.8) is 0 Å². The fraction of sp³-hybridized carbons (Fsp3) is 0.417. The van der Waals surface area contributed by atoms with Crippen LogP contribution in [0.5, 0.6) is 0 Å². The van der Waals surface area contributed by atoms with Gasteiger partial charge in [0, 0.05) is 30.2 Å². The molecule has 0 saturated heterocycles. The first-order valence-electron chi connectivity index (χ1n) is 5.96. The largest absolute Gasteiger partial charge is 0.481 e. The fourth-order valence-corrected chi connectivity index (χ4v) is 3.08. The maximum atomic E-state index is 10.6. The van der Waals surface area contributed by atoms with Gasteiger partial charge in [-0.15, -0.1) is 11.3 Å². The Bertz CT molecular complexity index is 537. The van der Waals surface area contributed by atoms with Crippen molar-refractivity contribution in [2.45, 2.75) is 31.5 Å². The third kappa shape index (κ3) is 3.81. The second kappa shape index (κ2) is 6.72. The standard InChI is InChI=1S/C12H15N3O2S2/c1-2-10-5-13-12(19-7-11(16)17)15(10)4-3-9-6-18-8-14-9/h5-6,8H,2-4,7H2,1H3,(H,16,17). The fourth-order valence-electron chi connectivity index (χ4n) is 1.74. The second-order valence-corrected chi connectivity index (χ2v) is 5.61. The lowest BCUT2D eigenvalue weighted by molar-refractivity contribution is -0.133. The zero-order valence-corrected chi connectivity index (χ0v) is 12.2. The van der Waals surface area contributed by atoms with Crippen LogP contribution in [0.2, 0.25) is 0 Å². The van der Waals surface area contributed by atoms with Crippen LogP contribution in [0, 0.1) is 0 Å². The van der Waals surface area contributed by atoms with Crippen LogP contribution in [-0.4, -0.2) is 31.4 Å².